The highest BCUT2D eigenvalue weighted by molar-refractivity contribution is 6.33. The number of hydrogen-bond acceptors (Lipinski definition) is 2. The third-order valence-corrected chi connectivity index (χ3v) is 3.85. The molecule has 0 radical (unpaired) electrons. The van der Waals surface area contributed by atoms with Crippen LogP contribution in [0.2, 0.25) is 5.02 Å². The van der Waals surface area contributed by atoms with Crippen LogP contribution in [-0.2, 0) is 6.54 Å². The standard InChI is InChI=1S/C17H18ClN3/c1-21(2)17-6-4-14(10-15(17)18)20-11-12-3-5-16-13(9-12)7-8-19-16/h3-10,19-20H,11H2,1-2H3. The smallest absolute Gasteiger partial charge is 0.0659 e. The Labute approximate surface area is 129 Å². The summed E-state index contributed by atoms with van der Waals surface area (Å²) in [6.45, 7) is 0.777. The van der Waals surface area contributed by atoms with E-state index in [1.54, 1.807) is 0 Å². The van der Waals surface area contributed by atoms with Crippen molar-refractivity contribution in [2.24, 2.45) is 0 Å². The second kappa shape index (κ2) is 5.70. The Morgan fingerprint density at radius 3 is 2.71 bits per heavy atom. The third-order valence-electron chi connectivity index (χ3n) is 3.54. The van der Waals surface area contributed by atoms with E-state index in [0.717, 1.165) is 28.5 Å². The highest BCUT2D eigenvalue weighted by atomic mass is 35.5. The maximum absolute atomic E-state index is 6.28. The average Bonchev–Trinajstić information content (AvgIpc) is 2.92. The van der Waals surface area contributed by atoms with Crippen molar-refractivity contribution < 1.29 is 0 Å². The Kier molecular flexibility index (Phi) is 3.76. The zero-order valence-corrected chi connectivity index (χ0v) is 12.9. The molecule has 3 nitrogen and oxygen atoms in total. The van der Waals surface area contributed by atoms with E-state index in [0.29, 0.717) is 0 Å². The van der Waals surface area contributed by atoms with Crippen molar-refractivity contribution >= 4 is 33.9 Å². The lowest BCUT2D eigenvalue weighted by atomic mass is 10.1. The molecule has 2 N–H and O–H groups in total. The molecule has 0 saturated heterocycles. The number of H-pyrrole nitrogens is 1. The summed E-state index contributed by atoms with van der Waals surface area (Å²) in [7, 11) is 3.97. The zero-order valence-electron chi connectivity index (χ0n) is 12.2. The second-order valence-corrected chi connectivity index (χ2v) is 5.72. The summed E-state index contributed by atoms with van der Waals surface area (Å²) >= 11 is 6.28. The van der Waals surface area contributed by atoms with E-state index < -0.39 is 0 Å². The minimum Gasteiger partial charge on any atom is -0.381 e. The molecular weight excluding hydrogens is 282 g/mol. The van der Waals surface area contributed by atoms with E-state index in [4.69, 9.17) is 11.6 Å². The Balaban J connectivity index is 1.73. The van der Waals surface area contributed by atoms with Crippen LogP contribution in [0.15, 0.2) is 48.7 Å². The monoisotopic (exact) mass is 299 g/mol. The number of benzene rings is 2. The normalized spacial score (nSPS) is 10.8. The van der Waals surface area contributed by atoms with E-state index >= 15 is 0 Å². The first kappa shape index (κ1) is 13.8. The molecule has 1 aromatic heterocycles. The molecule has 0 aliphatic heterocycles. The van der Waals surface area contributed by atoms with Gasteiger partial charge in [0.2, 0.25) is 0 Å². The molecule has 0 amide bonds. The predicted octanol–water partition coefficient (Wildman–Crippen LogP) is 4.50. The van der Waals surface area contributed by atoms with Gasteiger partial charge in [0.05, 0.1) is 10.7 Å². The highest BCUT2D eigenvalue weighted by Gasteiger charge is 2.04. The molecule has 0 bridgehead atoms. The van der Waals surface area contributed by atoms with Gasteiger partial charge in [0.15, 0.2) is 0 Å². The van der Waals surface area contributed by atoms with Crippen molar-refractivity contribution in [3.05, 3.63) is 59.2 Å². The van der Waals surface area contributed by atoms with Gasteiger partial charge < -0.3 is 15.2 Å². The number of nitrogens with one attached hydrogen (secondary N) is 2. The SMILES string of the molecule is CN(C)c1ccc(NCc2ccc3[nH]ccc3c2)cc1Cl. The highest BCUT2D eigenvalue weighted by Crippen LogP contribution is 2.27. The number of aromatic amines is 1. The van der Waals surface area contributed by atoms with E-state index in [1.807, 2.05) is 37.3 Å². The zero-order chi connectivity index (χ0) is 14.8. The average molecular weight is 300 g/mol. The van der Waals surface area contributed by atoms with Crippen molar-refractivity contribution in [2.75, 3.05) is 24.3 Å². The fourth-order valence-corrected chi connectivity index (χ4v) is 2.75. The number of aromatic nitrogens is 1. The van der Waals surface area contributed by atoms with Crippen LogP contribution in [0, 0.1) is 0 Å². The fraction of sp³-hybridized carbons (Fsp3) is 0.176. The van der Waals surface area contributed by atoms with Crippen molar-refractivity contribution in [1.29, 1.82) is 0 Å². The summed E-state index contributed by atoms with van der Waals surface area (Å²) in [6, 6.07) is 14.5. The Bertz CT molecular complexity index is 762. The number of rotatable bonds is 4. The van der Waals surface area contributed by atoms with Crippen LogP contribution in [0.1, 0.15) is 5.56 Å². The molecule has 0 saturated carbocycles. The topological polar surface area (TPSA) is 31.1 Å². The van der Waals surface area contributed by atoms with Gasteiger partial charge in [-0.3, -0.25) is 0 Å². The molecule has 108 valence electrons. The van der Waals surface area contributed by atoms with Gasteiger partial charge in [0.1, 0.15) is 0 Å². The number of halogens is 1. The van der Waals surface area contributed by atoms with Crippen LogP contribution in [0.4, 0.5) is 11.4 Å². The number of hydrogen-bond donors (Lipinski definition) is 2. The van der Waals surface area contributed by atoms with E-state index in [2.05, 4.69) is 40.6 Å². The van der Waals surface area contributed by atoms with Crippen molar-refractivity contribution in [3.63, 3.8) is 0 Å². The molecule has 0 aliphatic rings. The molecular formula is C17H18ClN3. The lowest BCUT2D eigenvalue weighted by molar-refractivity contribution is 1.12. The molecule has 0 atom stereocenters. The summed E-state index contributed by atoms with van der Waals surface area (Å²) in [5, 5.41) is 5.40. The molecule has 3 rings (SSSR count). The van der Waals surface area contributed by atoms with Crippen LogP contribution in [0.3, 0.4) is 0 Å². The summed E-state index contributed by atoms with van der Waals surface area (Å²) in [6.07, 6.45) is 1.96. The lowest BCUT2D eigenvalue weighted by Gasteiger charge is -2.15. The third kappa shape index (κ3) is 2.98. The van der Waals surface area contributed by atoms with Crippen LogP contribution >= 0.6 is 11.6 Å². The Morgan fingerprint density at radius 2 is 1.95 bits per heavy atom. The minimum atomic E-state index is 0.756. The van der Waals surface area contributed by atoms with Crippen molar-refractivity contribution in [1.82, 2.24) is 4.98 Å². The van der Waals surface area contributed by atoms with Crippen LogP contribution < -0.4 is 10.2 Å². The Morgan fingerprint density at radius 1 is 1.10 bits per heavy atom. The Hall–Kier alpha value is -2.13. The van der Waals surface area contributed by atoms with Crippen molar-refractivity contribution in [3.8, 4) is 0 Å². The summed E-state index contributed by atoms with van der Waals surface area (Å²) < 4.78 is 0. The van der Waals surface area contributed by atoms with Gasteiger partial charge in [0, 0.05) is 38.0 Å². The molecule has 21 heavy (non-hydrogen) atoms. The predicted molar refractivity (Wildman–Crippen MR) is 91.4 cm³/mol. The second-order valence-electron chi connectivity index (χ2n) is 5.31. The fourth-order valence-electron chi connectivity index (χ4n) is 2.40. The van der Waals surface area contributed by atoms with E-state index in [1.165, 1.54) is 10.9 Å². The van der Waals surface area contributed by atoms with E-state index in [-0.39, 0.29) is 0 Å². The van der Waals surface area contributed by atoms with Gasteiger partial charge in [-0.1, -0.05) is 17.7 Å². The molecule has 1 heterocycles. The number of nitrogens with zero attached hydrogens (tertiary/aromatic N) is 1. The maximum atomic E-state index is 6.28. The first-order valence-electron chi connectivity index (χ1n) is 6.90. The van der Waals surface area contributed by atoms with Gasteiger partial charge in [0.25, 0.3) is 0 Å². The molecule has 2 aromatic carbocycles. The lowest BCUT2D eigenvalue weighted by Crippen LogP contribution is -2.09. The first-order valence-corrected chi connectivity index (χ1v) is 7.28. The van der Waals surface area contributed by atoms with Gasteiger partial charge in [-0.05, 0) is 47.3 Å². The molecule has 0 unspecified atom stereocenters. The molecule has 0 aliphatic carbocycles. The largest absolute Gasteiger partial charge is 0.381 e. The summed E-state index contributed by atoms with van der Waals surface area (Å²) in [5.41, 5.74) is 4.46. The molecule has 4 heteroatoms. The molecule has 0 spiro atoms. The minimum absolute atomic E-state index is 0.756. The first-order chi connectivity index (χ1) is 10.1. The van der Waals surface area contributed by atoms with Crippen LogP contribution in [0.25, 0.3) is 10.9 Å². The van der Waals surface area contributed by atoms with Gasteiger partial charge in [-0.25, -0.2) is 0 Å². The summed E-state index contributed by atoms with van der Waals surface area (Å²) in [4.78, 5) is 5.21. The van der Waals surface area contributed by atoms with Crippen LogP contribution in [0.5, 0.6) is 0 Å². The van der Waals surface area contributed by atoms with Gasteiger partial charge in [-0.15, -0.1) is 0 Å². The van der Waals surface area contributed by atoms with Crippen LogP contribution in [-0.4, -0.2) is 19.1 Å². The molecule has 3 aromatic rings. The molecule has 0 fully saturated rings. The maximum Gasteiger partial charge on any atom is 0.0659 e. The van der Waals surface area contributed by atoms with Crippen molar-refractivity contribution in [2.45, 2.75) is 6.54 Å². The number of fused-ring (bicyclic) bond motifs is 1. The number of anilines is 2. The summed E-state index contributed by atoms with van der Waals surface area (Å²) in [5.74, 6) is 0. The van der Waals surface area contributed by atoms with Gasteiger partial charge >= 0.3 is 0 Å². The van der Waals surface area contributed by atoms with E-state index in [9.17, 15) is 0 Å². The van der Waals surface area contributed by atoms with Gasteiger partial charge in [-0.2, -0.15) is 0 Å². The quantitative estimate of drug-likeness (QED) is 0.743.